The van der Waals surface area contributed by atoms with E-state index in [0.29, 0.717) is 17.1 Å². The van der Waals surface area contributed by atoms with Gasteiger partial charge < -0.3 is 19.6 Å². The van der Waals surface area contributed by atoms with E-state index >= 15 is 0 Å². The largest absolute Gasteiger partial charge is 0.481 e. The van der Waals surface area contributed by atoms with E-state index in [1.807, 2.05) is 18.2 Å². The molecule has 2 aliphatic heterocycles. The second-order valence-electron chi connectivity index (χ2n) is 11.2. The van der Waals surface area contributed by atoms with E-state index in [1.54, 1.807) is 6.26 Å². The first-order valence-corrected chi connectivity index (χ1v) is 14.7. The number of unbranched alkanes of at least 4 members (excludes halogenated alkanes) is 1. The number of fused-ring (bicyclic) bond motifs is 2. The molecule has 7 heteroatoms. The molecule has 1 aromatic heterocycles. The van der Waals surface area contributed by atoms with E-state index in [2.05, 4.69) is 11.4 Å². The third-order valence-electron chi connectivity index (χ3n) is 8.70. The van der Waals surface area contributed by atoms with Crippen molar-refractivity contribution in [3.63, 3.8) is 0 Å². The maximum absolute atomic E-state index is 11.1. The zero-order chi connectivity index (χ0) is 25.6. The van der Waals surface area contributed by atoms with E-state index in [-0.39, 0.29) is 30.5 Å². The number of aliphatic carboxylic acids is 1. The highest BCUT2D eigenvalue weighted by atomic mass is 32.1. The van der Waals surface area contributed by atoms with Gasteiger partial charge in [0.05, 0.1) is 18.1 Å². The van der Waals surface area contributed by atoms with E-state index in [1.165, 1.54) is 50.5 Å². The lowest BCUT2D eigenvalue weighted by molar-refractivity contribution is -0.136. The predicted octanol–water partition coefficient (Wildman–Crippen LogP) is 6.21. The zero-order valence-corrected chi connectivity index (χ0v) is 22.5. The highest BCUT2D eigenvalue weighted by Crippen LogP contribution is 2.50. The average Bonchev–Trinajstić information content (AvgIpc) is 3.65. The summed E-state index contributed by atoms with van der Waals surface area (Å²) in [5.74, 6) is 1.24. The first-order valence-electron chi connectivity index (χ1n) is 14.3. The first-order chi connectivity index (χ1) is 18.1. The number of benzene rings is 1. The molecule has 3 fully saturated rings. The van der Waals surface area contributed by atoms with Gasteiger partial charge in [0.1, 0.15) is 16.9 Å². The zero-order valence-electron chi connectivity index (χ0n) is 21.7. The normalized spacial score (nSPS) is 25.4. The first kappa shape index (κ1) is 26.4. The lowest BCUT2D eigenvalue weighted by Crippen LogP contribution is -2.28. The number of carboxylic acids is 1. The molecule has 3 heterocycles. The number of hydrogen-bond acceptors (Lipinski definition) is 5. The van der Waals surface area contributed by atoms with Gasteiger partial charge in [-0.05, 0) is 49.1 Å². The minimum Gasteiger partial charge on any atom is -0.481 e. The molecule has 37 heavy (non-hydrogen) atoms. The van der Waals surface area contributed by atoms with E-state index in [9.17, 15) is 4.79 Å². The number of aromatic nitrogens is 1. The Bertz CT molecular complexity index is 1060. The Hall–Kier alpha value is -2.25. The van der Waals surface area contributed by atoms with Crippen LogP contribution in [0, 0.1) is 11.8 Å². The Morgan fingerprint density at radius 1 is 1.05 bits per heavy atom. The van der Waals surface area contributed by atoms with Crippen molar-refractivity contribution >= 4 is 23.2 Å². The second kappa shape index (κ2) is 12.5. The van der Waals surface area contributed by atoms with Gasteiger partial charge in [0, 0.05) is 18.9 Å². The Morgan fingerprint density at radius 3 is 2.65 bits per heavy atom. The Kier molecular flexibility index (Phi) is 8.93. The fraction of sp³-hybridized carbons (Fsp3) is 0.633. The molecular weight excluding hydrogens is 484 g/mol. The summed E-state index contributed by atoms with van der Waals surface area (Å²) in [7, 11) is 0. The summed E-state index contributed by atoms with van der Waals surface area (Å²) in [6.07, 6.45) is 16.4. The van der Waals surface area contributed by atoms with E-state index in [4.69, 9.17) is 31.5 Å². The van der Waals surface area contributed by atoms with Gasteiger partial charge in [-0.25, -0.2) is 4.98 Å². The molecule has 2 N–H and O–H groups in total. The number of rotatable bonds is 12. The number of nitrogens with one attached hydrogen (secondary N) is 1. The second-order valence-corrected chi connectivity index (χ2v) is 11.6. The summed E-state index contributed by atoms with van der Waals surface area (Å²) < 4.78 is 12.3. The van der Waals surface area contributed by atoms with Gasteiger partial charge in [-0.1, -0.05) is 81.4 Å². The molecule has 4 unspecified atom stereocenters. The fourth-order valence-electron chi connectivity index (χ4n) is 6.74. The summed E-state index contributed by atoms with van der Waals surface area (Å²) >= 11 is 5.64. The molecule has 0 radical (unpaired) electrons. The van der Waals surface area contributed by atoms with E-state index in [0.717, 1.165) is 49.6 Å². The van der Waals surface area contributed by atoms with Crippen LogP contribution in [0.1, 0.15) is 99.3 Å². The van der Waals surface area contributed by atoms with Crippen LogP contribution in [-0.4, -0.2) is 39.8 Å². The summed E-state index contributed by atoms with van der Waals surface area (Å²) in [6.45, 7) is 0.876. The molecule has 2 aromatic rings. The predicted molar refractivity (Wildman–Crippen MR) is 147 cm³/mol. The number of carbonyl (C=O) groups is 1. The van der Waals surface area contributed by atoms with Gasteiger partial charge in [-0.3, -0.25) is 4.79 Å². The van der Waals surface area contributed by atoms with Gasteiger partial charge in [0.2, 0.25) is 5.89 Å². The van der Waals surface area contributed by atoms with Crippen molar-refractivity contribution in [2.24, 2.45) is 11.8 Å². The monoisotopic (exact) mass is 524 g/mol. The van der Waals surface area contributed by atoms with Crippen LogP contribution >= 0.6 is 12.2 Å². The molecule has 2 saturated heterocycles. The molecule has 3 aliphatic rings. The molecule has 2 bridgehead atoms. The summed E-state index contributed by atoms with van der Waals surface area (Å²) in [5, 5.41) is 12.5. The van der Waals surface area contributed by atoms with Crippen LogP contribution in [0.2, 0.25) is 0 Å². The Labute approximate surface area is 225 Å². The highest BCUT2D eigenvalue weighted by molar-refractivity contribution is 7.80. The summed E-state index contributed by atoms with van der Waals surface area (Å²) in [6, 6.07) is 8.18. The van der Waals surface area contributed by atoms with Crippen LogP contribution in [-0.2, 0) is 22.4 Å². The topological polar surface area (TPSA) is 84.6 Å². The maximum Gasteiger partial charge on any atom is 0.303 e. The Balaban J connectivity index is 1.17. The molecular formula is C30H40N2O4S. The molecule has 1 aromatic carbocycles. The SMILES string of the molecule is O=C(O)CCc1ccccc1CC1C2CCC(O2)C1c1nc(C(=S)NCCCCC2CCCCC2)co1. The molecule has 4 atom stereocenters. The smallest absolute Gasteiger partial charge is 0.303 e. The lowest BCUT2D eigenvalue weighted by Gasteiger charge is -2.26. The summed E-state index contributed by atoms with van der Waals surface area (Å²) in [4.78, 5) is 16.6. The van der Waals surface area contributed by atoms with Crippen LogP contribution in [0.5, 0.6) is 0 Å². The summed E-state index contributed by atoms with van der Waals surface area (Å²) in [5.41, 5.74) is 3.01. The number of nitrogens with zero attached hydrogens (tertiary/aromatic N) is 1. The standard InChI is InChI=1S/C30H40N2O4S/c33-27(34)16-13-21-11-4-5-12-22(21)18-23-25-14-15-26(36-25)28(23)29-32-24(19-35-29)30(37)31-17-7-6-10-20-8-2-1-3-9-20/h4-5,11-12,19-20,23,25-26,28H,1-3,6-10,13-18H2,(H,31,37)(H,33,34). The van der Waals surface area contributed by atoms with Gasteiger partial charge in [-0.2, -0.15) is 0 Å². The van der Waals surface area contributed by atoms with E-state index < -0.39 is 5.97 Å². The quantitative estimate of drug-likeness (QED) is 0.252. The van der Waals surface area contributed by atoms with Crippen LogP contribution < -0.4 is 5.32 Å². The van der Waals surface area contributed by atoms with Gasteiger partial charge in [0.15, 0.2) is 0 Å². The fourth-order valence-corrected chi connectivity index (χ4v) is 6.94. The molecule has 200 valence electrons. The Morgan fingerprint density at radius 2 is 1.84 bits per heavy atom. The van der Waals surface area contributed by atoms with Crippen molar-refractivity contribution in [3.05, 3.63) is 53.2 Å². The van der Waals surface area contributed by atoms with Crippen LogP contribution in [0.25, 0.3) is 0 Å². The van der Waals surface area contributed by atoms with Crippen LogP contribution in [0.4, 0.5) is 0 Å². The van der Waals surface area contributed by atoms with Gasteiger partial charge in [0.25, 0.3) is 0 Å². The third kappa shape index (κ3) is 6.61. The molecule has 6 nitrogen and oxygen atoms in total. The van der Waals surface area contributed by atoms with Crippen molar-refractivity contribution in [3.8, 4) is 0 Å². The number of oxazole rings is 1. The molecule has 5 rings (SSSR count). The van der Waals surface area contributed by atoms with Crippen molar-refractivity contribution < 1.29 is 19.1 Å². The van der Waals surface area contributed by atoms with Gasteiger partial charge in [-0.15, -0.1) is 0 Å². The minimum absolute atomic E-state index is 0.0957. The van der Waals surface area contributed by atoms with Crippen molar-refractivity contribution in [1.29, 1.82) is 0 Å². The number of thiocarbonyl (C=S) groups is 1. The molecule has 1 saturated carbocycles. The number of ether oxygens (including phenoxy) is 1. The van der Waals surface area contributed by atoms with Crippen molar-refractivity contribution in [2.45, 2.75) is 102 Å². The number of hydrogen-bond donors (Lipinski definition) is 2. The number of aryl methyl sites for hydroxylation is 1. The molecule has 0 spiro atoms. The molecule has 1 aliphatic carbocycles. The average molecular weight is 525 g/mol. The van der Waals surface area contributed by atoms with Crippen molar-refractivity contribution in [1.82, 2.24) is 10.3 Å². The highest BCUT2D eigenvalue weighted by Gasteiger charge is 2.51. The third-order valence-corrected chi connectivity index (χ3v) is 9.05. The maximum atomic E-state index is 11.1. The molecule has 0 amide bonds. The lowest BCUT2D eigenvalue weighted by atomic mass is 9.75. The van der Waals surface area contributed by atoms with Crippen LogP contribution in [0.15, 0.2) is 34.9 Å². The van der Waals surface area contributed by atoms with Crippen molar-refractivity contribution in [2.75, 3.05) is 6.54 Å². The van der Waals surface area contributed by atoms with Crippen LogP contribution in [0.3, 0.4) is 0 Å². The van der Waals surface area contributed by atoms with Gasteiger partial charge >= 0.3 is 5.97 Å². The minimum atomic E-state index is -0.767. The number of carboxylic acid groups (broad SMARTS) is 1.